The van der Waals surface area contributed by atoms with Gasteiger partial charge in [-0.2, -0.15) is 5.26 Å². The molecular weight excluding hydrogens is 472 g/mol. The number of carbonyl (C=O) groups is 2. The van der Waals surface area contributed by atoms with Gasteiger partial charge >= 0.3 is 6.09 Å². The second-order valence-corrected chi connectivity index (χ2v) is 10.7. The van der Waals surface area contributed by atoms with E-state index in [2.05, 4.69) is 47.8 Å². The predicted octanol–water partition coefficient (Wildman–Crippen LogP) is 2.33. The van der Waals surface area contributed by atoms with Crippen molar-refractivity contribution < 1.29 is 19.1 Å². The number of hydrogen-bond acceptors (Lipinski definition) is 6. The van der Waals surface area contributed by atoms with Crippen molar-refractivity contribution in [3.63, 3.8) is 0 Å². The van der Waals surface area contributed by atoms with Gasteiger partial charge in [0.1, 0.15) is 17.7 Å². The number of aliphatic imine (C=N–C) groups is 1. The fourth-order valence-corrected chi connectivity index (χ4v) is 4.68. The lowest BCUT2D eigenvalue weighted by atomic mass is 9.87. The third kappa shape index (κ3) is 9.13. The zero-order chi connectivity index (χ0) is 24.6. The van der Waals surface area contributed by atoms with Crippen LogP contribution in [-0.2, 0) is 14.3 Å². The quantitative estimate of drug-likeness (QED) is 0.378. The summed E-state index contributed by atoms with van der Waals surface area (Å²) in [6.07, 6.45) is 4.37. The van der Waals surface area contributed by atoms with E-state index in [1.165, 1.54) is 0 Å². The molecule has 1 aliphatic carbocycles. The number of piperidine rings is 1. The normalized spacial score (nSPS) is 21.9. The third-order valence-corrected chi connectivity index (χ3v) is 6.53. The molecule has 2 aliphatic heterocycles. The Bertz CT molecular complexity index is 776. The zero-order valence-corrected chi connectivity index (χ0v) is 22.0. The van der Waals surface area contributed by atoms with E-state index in [9.17, 15) is 14.9 Å². The van der Waals surface area contributed by atoms with Crippen LogP contribution in [0.2, 0.25) is 0 Å². The molecule has 1 atom stereocenters. The molecule has 2 amide bonds. The van der Waals surface area contributed by atoms with Crippen molar-refractivity contribution in [2.75, 3.05) is 39.4 Å². The van der Waals surface area contributed by atoms with Crippen LogP contribution in [0.1, 0.15) is 65.7 Å². The maximum atomic E-state index is 13.4. The Morgan fingerprint density at radius 1 is 1.23 bits per heavy atom. The standard InChI is InChI=1S/C24H40N6O4.ClH/c1-23(2,3)16-19(20(31)29-24(17-25)8-4-5-9-24)27-21(30-12-14-33-15-13-30)28-22(32)34-18-6-10-26-11-7-18;/h18-19,26H,4-16H2,1-3H3,(H,29,31)(H,27,28,32);1H. The molecule has 10 nitrogen and oxygen atoms in total. The highest BCUT2D eigenvalue weighted by Gasteiger charge is 2.38. The van der Waals surface area contributed by atoms with Gasteiger partial charge in [-0.3, -0.25) is 4.79 Å². The van der Waals surface area contributed by atoms with Crippen LogP contribution in [0.15, 0.2) is 4.99 Å². The van der Waals surface area contributed by atoms with Crippen LogP contribution in [-0.4, -0.2) is 79.9 Å². The second-order valence-electron chi connectivity index (χ2n) is 10.7. The first kappa shape index (κ1) is 29.1. The van der Waals surface area contributed by atoms with Gasteiger partial charge in [0.15, 0.2) is 0 Å². The molecule has 2 saturated heterocycles. The Balaban J connectivity index is 0.00000432. The number of amides is 2. The number of nitriles is 1. The number of nitrogens with one attached hydrogen (secondary N) is 3. The average molecular weight is 513 g/mol. The number of carbonyl (C=O) groups excluding carboxylic acids is 2. The fourth-order valence-electron chi connectivity index (χ4n) is 4.68. The second kappa shape index (κ2) is 13.3. The molecule has 3 N–H and O–H groups in total. The minimum Gasteiger partial charge on any atom is -0.444 e. The Hall–Kier alpha value is -2.09. The predicted molar refractivity (Wildman–Crippen MR) is 135 cm³/mol. The van der Waals surface area contributed by atoms with E-state index >= 15 is 0 Å². The van der Waals surface area contributed by atoms with Gasteiger partial charge in [0.2, 0.25) is 11.9 Å². The van der Waals surface area contributed by atoms with E-state index in [1.54, 1.807) is 0 Å². The van der Waals surface area contributed by atoms with Gasteiger partial charge in [0.05, 0.1) is 19.3 Å². The zero-order valence-electron chi connectivity index (χ0n) is 21.2. The summed E-state index contributed by atoms with van der Waals surface area (Å²) in [6.45, 7) is 9.92. The third-order valence-electron chi connectivity index (χ3n) is 6.53. The van der Waals surface area contributed by atoms with Gasteiger partial charge in [-0.05, 0) is 63.5 Å². The van der Waals surface area contributed by atoms with Crippen molar-refractivity contribution in [3.05, 3.63) is 0 Å². The van der Waals surface area contributed by atoms with E-state index in [1.807, 2.05) is 4.90 Å². The lowest BCUT2D eigenvalue weighted by Gasteiger charge is -2.35. The Morgan fingerprint density at radius 3 is 2.43 bits per heavy atom. The number of halogens is 1. The molecular formula is C24H41ClN6O4. The topological polar surface area (TPSA) is 128 Å². The summed E-state index contributed by atoms with van der Waals surface area (Å²) in [6, 6.07) is 1.67. The molecule has 1 saturated carbocycles. The highest BCUT2D eigenvalue weighted by Crippen LogP contribution is 2.29. The molecule has 0 aromatic heterocycles. The molecule has 0 spiro atoms. The van der Waals surface area contributed by atoms with Crippen LogP contribution in [0, 0.1) is 16.7 Å². The van der Waals surface area contributed by atoms with Gasteiger partial charge in [0, 0.05) is 13.1 Å². The number of nitrogens with zero attached hydrogens (tertiary/aromatic N) is 3. The molecule has 0 bridgehead atoms. The van der Waals surface area contributed by atoms with Crippen molar-refractivity contribution in [2.24, 2.45) is 10.4 Å². The van der Waals surface area contributed by atoms with Crippen molar-refractivity contribution in [3.8, 4) is 6.07 Å². The number of hydrogen-bond donors (Lipinski definition) is 3. The van der Waals surface area contributed by atoms with Crippen molar-refractivity contribution in [2.45, 2.75) is 83.4 Å². The minimum absolute atomic E-state index is 0. The highest BCUT2D eigenvalue weighted by molar-refractivity contribution is 5.94. The van der Waals surface area contributed by atoms with E-state index in [0.717, 1.165) is 38.8 Å². The Morgan fingerprint density at radius 2 is 1.86 bits per heavy atom. The van der Waals surface area contributed by atoms with Gasteiger partial charge in [0.25, 0.3) is 0 Å². The smallest absolute Gasteiger partial charge is 0.437 e. The average Bonchev–Trinajstić information content (AvgIpc) is 3.27. The summed E-state index contributed by atoms with van der Waals surface area (Å²) in [4.78, 5) is 32.3. The van der Waals surface area contributed by atoms with Gasteiger partial charge in [-0.1, -0.05) is 20.8 Å². The Labute approximate surface area is 215 Å². The maximum Gasteiger partial charge on any atom is 0.437 e. The molecule has 3 rings (SSSR count). The number of rotatable bonds is 5. The van der Waals surface area contributed by atoms with Gasteiger partial charge in [-0.25, -0.2) is 4.79 Å². The van der Waals surface area contributed by atoms with Gasteiger partial charge in [-0.15, -0.1) is 17.4 Å². The summed E-state index contributed by atoms with van der Waals surface area (Å²) in [5.74, 6) is 0.0788. The molecule has 0 radical (unpaired) electrons. The van der Waals surface area contributed by atoms with Crippen LogP contribution in [0.25, 0.3) is 0 Å². The van der Waals surface area contributed by atoms with Gasteiger partial charge < -0.3 is 30.3 Å². The number of guanidine groups is 1. The molecule has 0 aromatic carbocycles. The summed E-state index contributed by atoms with van der Waals surface area (Å²) < 4.78 is 11.1. The molecule has 3 aliphatic rings. The SMILES string of the molecule is CC(C)(C)CC(NC(=NC(=O)OC1CCNCC1)N1CCOCC1)C(=O)NC1(C#N)CCCC1.Cl. The summed E-state index contributed by atoms with van der Waals surface area (Å²) in [7, 11) is 0. The van der Waals surface area contributed by atoms with Crippen LogP contribution in [0.5, 0.6) is 0 Å². The first-order valence-corrected chi connectivity index (χ1v) is 12.5. The summed E-state index contributed by atoms with van der Waals surface area (Å²) in [5, 5.41) is 19.3. The monoisotopic (exact) mass is 512 g/mol. The molecule has 0 aromatic rings. The van der Waals surface area contributed by atoms with Crippen LogP contribution < -0.4 is 16.0 Å². The maximum absolute atomic E-state index is 13.4. The lowest BCUT2D eigenvalue weighted by molar-refractivity contribution is -0.124. The number of morpholine rings is 1. The number of ether oxygens (including phenoxy) is 2. The van der Waals surface area contributed by atoms with E-state index < -0.39 is 17.7 Å². The van der Waals surface area contributed by atoms with E-state index in [4.69, 9.17) is 9.47 Å². The van der Waals surface area contributed by atoms with Crippen molar-refractivity contribution in [1.29, 1.82) is 5.26 Å². The minimum atomic E-state index is -0.820. The van der Waals surface area contributed by atoms with Crippen molar-refractivity contribution >= 4 is 30.4 Å². The molecule has 1 unspecified atom stereocenters. The van der Waals surface area contributed by atoms with Crippen LogP contribution >= 0.6 is 12.4 Å². The molecule has 35 heavy (non-hydrogen) atoms. The summed E-state index contributed by atoms with van der Waals surface area (Å²) in [5.41, 5.74) is -0.991. The molecule has 198 valence electrons. The lowest BCUT2D eigenvalue weighted by Crippen LogP contribution is -2.58. The van der Waals surface area contributed by atoms with Crippen molar-refractivity contribution in [1.82, 2.24) is 20.9 Å². The molecule has 11 heteroatoms. The largest absolute Gasteiger partial charge is 0.444 e. The molecule has 2 heterocycles. The van der Waals surface area contributed by atoms with Crippen LogP contribution in [0.3, 0.4) is 0 Å². The molecule has 3 fully saturated rings. The van der Waals surface area contributed by atoms with E-state index in [-0.39, 0.29) is 29.8 Å². The highest BCUT2D eigenvalue weighted by atomic mass is 35.5. The fraction of sp³-hybridized carbons (Fsp3) is 0.833. The summed E-state index contributed by atoms with van der Waals surface area (Å²) >= 11 is 0. The Kier molecular flexibility index (Phi) is 11.1. The first-order chi connectivity index (χ1) is 16.2. The first-order valence-electron chi connectivity index (χ1n) is 12.5. The van der Waals surface area contributed by atoms with E-state index in [0.29, 0.717) is 51.5 Å². The van der Waals surface area contributed by atoms with Crippen LogP contribution in [0.4, 0.5) is 4.79 Å².